The number of benzene rings is 1. The Morgan fingerprint density at radius 3 is 2.88 bits per heavy atom. The van der Waals surface area contributed by atoms with Crippen molar-refractivity contribution in [1.82, 2.24) is 0 Å². The summed E-state index contributed by atoms with van der Waals surface area (Å²) < 4.78 is 0. The van der Waals surface area contributed by atoms with Gasteiger partial charge in [-0.05, 0) is 26.3 Å². The molecule has 0 aliphatic rings. The molecule has 16 heavy (non-hydrogen) atoms. The van der Waals surface area contributed by atoms with Crippen LogP contribution in [0.4, 0.5) is 11.4 Å². The topological polar surface area (TPSA) is 55.2 Å². The Morgan fingerprint density at radius 1 is 1.50 bits per heavy atom. The van der Waals surface area contributed by atoms with Crippen molar-refractivity contribution in [1.29, 1.82) is 0 Å². The van der Waals surface area contributed by atoms with E-state index >= 15 is 0 Å². The minimum absolute atomic E-state index is 0.163. The number of aryl methyl sites for hydroxylation is 1. The Kier molecular flexibility index (Phi) is 4.51. The second-order valence-corrected chi connectivity index (χ2v) is 3.54. The average Bonchev–Trinajstić information content (AvgIpc) is 2.26. The maximum absolute atomic E-state index is 10.7. The van der Waals surface area contributed by atoms with Crippen molar-refractivity contribution in [2.75, 3.05) is 11.9 Å². The zero-order valence-electron chi connectivity index (χ0n) is 9.56. The second kappa shape index (κ2) is 5.90. The molecule has 0 spiro atoms. The summed E-state index contributed by atoms with van der Waals surface area (Å²) in [5.74, 6) is 0. The fraction of sp³-hybridized carbons (Fsp3) is 0.333. The van der Waals surface area contributed by atoms with Gasteiger partial charge in [0.2, 0.25) is 0 Å². The van der Waals surface area contributed by atoms with Crippen molar-refractivity contribution >= 4 is 11.4 Å². The highest BCUT2D eigenvalue weighted by molar-refractivity contribution is 5.54. The van der Waals surface area contributed by atoms with E-state index in [1.165, 1.54) is 0 Å². The molecular formula is C12H16N2O2. The molecule has 0 aliphatic carbocycles. The number of hydrogen-bond acceptors (Lipinski definition) is 3. The molecule has 0 aliphatic heterocycles. The number of nitro groups is 1. The van der Waals surface area contributed by atoms with Gasteiger partial charge in [-0.15, -0.1) is 0 Å². The van der Waals surface area contributed by atoms with Crippen molar-refractivity contribution < 1.29 is 4.92 Å². The molecule has 1 aromatic rings. The third kappa shape index (κ3) is 3.38. The normalized spacial score (nSPS) is 10.6. The van der Waals surface area contributed by atoms with Crippen LogP contribution in [0.3, 0.4) is 0 Å². The van der Waals surface area contributed by atoms with Crippen LogP contribution in [0.25, 0.3) is 0 Å². The van der Waals surface area contributed by atoms with Crippen molar-refractivity contribution in [2.24, 2.45) is 0 Å². The monoisotopic (exact) mass is 220 g/mol. The van der Waals surface area contributed by atoms with Crippen LogP contribution in [0.1, 0.15) is 18.9 Å². The highest BCUT2D eigenvalue weighted by atomic mass is 16.6. The van der Waals surface area contributed by atoms with Gasteiger partial charge in [0, 0.05) is 23.9 Å². The summed E-state index contributed by atoms with van der Waals surface area (Å²) >= 11 is 0. The highest BCUT2D eigenvalue weighted by Gasteiger charge is 2.10. The molecule has 86 valence electrons. The van der Waals surface area contributed by atoms with Crippen LogP contribution < -0.4 is 5.32 Å². The molecule has 4 nitrogen and oxygen atoms in total. The molecule has 0 amide bonds. The van der Waals surface area contributed by atoms with Gasteiger partial charge >= 0.3 is 0 Å². The van der Waals surface area contributed by atoms with E-state index in [9.17, 15) is 10.1 Å². The van der Waals surface area contributed by atoms with Crippen LogP contribution in [-0.4, -0.2) is 11.5 Å². The van der Waals surface area contributed by atoms with E-state index in [0.29, 0.717) is 5.56 Å². The Morgan fingerprint density at radius 2 is 2.25 bits per heavy atom. The van der Waals surface area contributed by atoms with Crippen LogP contribution in [-0.2, 0) is 0 Å². The Hall–Kier alpha value is -1.84. The maximum Gasteiger partial charge on any atom is 0.274 e. The molecule has 4 heteroatoms. The Balaban J connectivity index is 2.67. The van der Waals surface area contributed by atoms with E-state index in [2.05, 4.69) is 11.4 Å². The molecule has 1 N–H and O–H groups in total. The van der Waals surface area contributed by atoms with Crippen LogP contribution in [0.15, 0.2) is 30.4 Å². The number of nitrogens with zero attached hydrogens (tertiary/aromatic N) is 1. The fourth-order valence-electron chi connectivity index (χ4n) is 1.38. The molecule has 0 aromatic heterocycles. The summed E-state index contributed by atoms with van der Waals surface area (Å²) in [6.45, 7) is 4.49. The summed E-state index contributed by atoms with van der Waals surface area (Å²) in [4.78, 5) is 10.4. The van der Waals surface area contributed by atoms with E-state index in [1.807, 2.05) is 19.1 Å². The standard InChI is InChI=1S/C12H16N2O2/c1-3-4-5-8-13-11-7-6-10(2)12(9-11)14(15)16/h3-4,6-7,9,13H,5,8H2,1-2H3/b4-3+. The predicted octanol–water partition coefficient (Wildman–Crippen LogP) is 3.28. The van der Waals surface area contributed by atoms with E-state index in [0.717, 1.165) is 18.7 Å². The number of nitrogens with one attached hydrogen (secondary N) is 1. The molecule has 0 fully saturated rings. The lowest BCUT2D eigenvalue weighted by Crippen LogP contribution is -2.01. The number of nitro benzene ring substituents is 1. The lowest BCUT2D eigenvalue weighted by atomic mass is 10.2. The fourth-order valence-corrected chi connectivity index (χ4v) is 1.38. The predicted molar refractivity (Wildman–Crippen MR) is 65.8 cm³/mol. The summed E-state index contributed by atoms with van der Waals surface area (Å²) in [5, 5.41) is 13.9. The molecule has 0 atom stereocenters. The van der Waals surface area contributed by atoms with E-state index < -0.39 is 0 Å². The van der Waals surface area contributed by atoms with Gasteiger partial charge in [-0.3, -0.25) is 10.1 Å². The molecule has 1 aromatic carbocycles. The maximum atomic E-state index is 10.7. The number of anilines is 1. The SMILES string of the molecule is C/C=C/CCNc1ccc(C)c([N+](=O)[O-])c1. The minimum atomic E-state index is -0.355. The van der Waals surface area contributed by atoms with Gasteiger partial charge in [0.25, 0.3) is 5.69 Å². The van der Waals surface area contributed by atoms with Crippen LogP contribution >= 0.6 is 0 Å². The number of allylic oxidation sites excluding steroid dienone is 1. The van der Waals surface area contributed by atoms with Gasteiger partial charge in [0.15, 0.2) is 0 Å². The third-order valence-corrected chi connectivity index (χ3v) is 2.28. The first-order valence-corrected chi connectivity index (χ1v) is 5.25. The Bertz CT molecular complexity index is 400. The van der Waals surface area contributed by atoms with Crippen molar-refractivity contribution in [3.63, 3.8) is 0 Å². The number of rotatable bonds is 5. The first-order valence-electron chi connectivity index (χ1n) is 5.25. The van der Waals surface area contributed by atoms with E-state index in [4.69, 9.17) is 0 Å². The molecule has 0 unspecified atom stereocenters. The smallest absolute Gasteiger partial charge is 0.274 e. The molecular weight excluding hydrogens is 204 g/mol. The zero-order valence-corrected chi connectivity index (χ0v) is 9.56. The van der Waals surface area contributed by atoms with Gasteiger partial charge in [-0.1, -0.05) is 18.2 Å². The van der Waals surface area contributed by atoms with Crippen LogP contribution in [0.2, 0.25) is 0 Å². The van der Waals surface area contributed by atoms with Crippen molar-refractivity contribution in [2.45, 2.75) is 20.3 Å². The van der Waals surface area contributed by atoms with Crippen LogP contribution in [0, 0.1) is 17.0 Å². The quantitative estimate of drug-likeness (QED) is 0.358. The molecule has 0 heterocycles. The van der Waals surface area contributed by atoms with Crippen molar-refractivity contribution in [3.8, 4) is 0 Å². The largest absolute Gasteiger partial charge is 0.385 e. The summed E-state index contributed by atoms with van der Waals surface area (Å²) in [6, 6.07) is 5.19. The molecule has 0 radical (unpaired) electrons. The first kappa shape index (κ1) is 12.2. The van der Waals surface area contributed by atoms with E-state index in [-0.39, 0.29) is 10.6 Å². The minimum Gasteiger partial charge on any atom is -0.385 e. The van der Waals surface area contributed by atoms with E-state index in [1.54, 1.807) is 19.1 Å². The lowest BCUT2D eigenvalue weighted by molar-refractivity contribution is -0.385. The lowest BCUT2D eigenvalue weighted by Gasteiger charge is -2.05. The number of hydrogen-bond donors (Lipinski definition) is 1. The van der Waals surface area contributed by atoms with Gasteiger partial charge < -0.3 is 5.32 Å². The van der Waals surface area contributed by atoms with Gasteiger partial charge in [-0.2, -0.15) is 0 Å². The van der Waals surface area contributed by atoms with Crippen LogP contribution in [0.5, 0.6) is 0 Å². The zero-order chi connectivity index (χ0) is 12.0. The van der Waals surface area contributed by atoms with Gasteiger partial charge in [-0.25, -0.2) is 0 Å². The average molecular weight is 220 g/mol. The Labute approximate surface area is 95.1 Å². The summed E-state index contributed by atoms with van der Waals surface area (Å²) in [6.07, 6.45) is 4.95. The third-order valence-electron chi connectivity index (χ3n) is 2.28. The second-order valence-electron chi connectivity index (χ2n) is 3.54. The van der Waals surface area contributed by atoms with Gasteiger partial charge in [0.05, 0.1) is 4.92 Å². The van der Waals surface area contributed by atoms with Gasteiger partial charge in [0.1, 0.15) is 0 Å². The molecule has 1 rings (SSSR count). The molecule has 0 bridgehead atoms. The summed E-state index contributed by atoms with van der Waals surface area (Å²) in [7, 11) is 0. The van der Waals surface area contributed by atoms with Crippen molar-refractivity contribution in [3.05, 3.63) is 46.0 Å². The molecule has 0 saturated heterocycles. The summed E-state index contributed by atoms with van der Waals surface area (Å²) in [5.41, 5.74) is 1.64. The first-order chi connectivity index (χ1) is 7.65. The molecule has 0 saturated carbocycles. The highest BCUT2D eigenvalue weighted by Crippen LogP contribution is 2.22.